The van der Waals surface area contributed by atoms with Crippen molar-refractivity contribution in [2.45, 2.75) is 45.3 Å². The molecule has 0 aromatic carbocycles. The highest BCUT2D eigenvalue weighted by atomic mass is 16.5. The predicted molar refractivity (Wildman–Crippen MR) is 51.1 cm³/mol. The van der Waals surface area contributed by atoms with Crippen LogP contribution in [0.3, 0.4) is 0 Å². The van der Waals surface area contributed by atoms with Crippen LogP contribution in [0.25, 0.3) is 0 Å². The number of ether oxygens (including phenoxy) is 1. The van der Waals surface area contributed by atoms with Crippen LogP contribution in [0.2, 0.25) is 0 Å². The Balaban J connectivity index is 4.17. The van der Waals surface area contributed by atoms with Crippen LogP contribution in [0.15, 0.2) is 12.7 Å². The summed E-state index contributed by atoms with van der Waals surface area (Å²) in [5.74, 6) is 0. The van der Waals surface area contributed by atoms with Gasteiger partial charge in [0.1, 0.15) is 0 Å². The van der Waals surface area contributed by atoms with Crippen molar-refractivity contribution >= 4 is 0 Å². The Hall–Kier alpha value is -0.340. The molecule has 12 heavy (non-hydrogen) atoms. The topological polar surface area (TPSA) is 29.5 Å². The van der Waals surface area contributed by atoms with Gasteiger partial charge in [-0.05, 0) is 26.7 Å². The zero-order valence-electron chi connectivity index (χ0n) is 8.34. The highest BCUT2D eigenvalue weighted by Crippen LogP contribution is 2.22. The van der Waals surface area contributed by atoms with Crippen molar-refractivity contribution in [1.29, 1.82) is 0 Å². The molecule has 0 aromatic heterocycles. The minimum Gasteiger partial charge on any atom is -0.390 e. The number of rotatable bonds is 6. The standard InChI is InChI=1S/C10H20O2/c1-5-8-9(11)10(4,6-2)12-7-3/h5,9,11H,1,6-8H2,2-4H3. The smallest absolute Gasteiger partial charge is 0.0912 e. The van der Waals surface area contributed by atoms with Gasteiger partial charge in [-0.15, -0.1) is 6.58 Å². The van der Waals surface area contributed by atoms with Gasteiger partial charge in [0.25, 0.3) is 0 Å². The summed E-state index contributed by atoms with van der Waals surface area (Å²) in [7, 11) is 0. The average Bonchev–Trinajstić information content (AvgIpc) is 2.05. The van der Waals surface area contributed by atoms with Gasteiger partial charge in [0.05, 0.1) is 11.7 Å². The molecule has 0 bridgehead atoms. The molecule has 0 saturated heterocycles. The second-order valence-electron chi connectivity index (χ2n) is 3.14. The molecule has 0 aromatic rings. The lowest BCUT2D eigenvalue weighted by molar-refractivity contribution is -0.109. The van der Waals surface area contributed by atoms with Crippen LogP contribution in [-0.4, -0.2) is 23.4 Å². The van der Waals surface area contributed by atoms with Gasteiger partial charge in [0, 0.05) is 6.61 Å². The first-order valence-corrected chi connectivity index (χ1v) is 4.53. The lowest BCUT2D eigenvalue weighted by Gasteiger charge is -2.32. The van der Waals surface area contributed by atoms with Crippen molar-refractivity contribution in [2.24, 2.45) is 0 Å². The van der Waals surface area contributed by atoms with Crippen LogP contribution >= 0.6 is 0 Å². The van der Waals surface area contributed by atoms with Crippen molar-refractivity contribution in [3.05, 3.63) is 12.7 Å². The third-order valence-corrected chi connectivity index (χ3v) is 2.27. The summed E-state index contributed by atoms with van der Waals surface area (Å²) in [6.07, 6.45) is 2.68. The third-order valence-electron chi connectivity index (χ3n) is 2.27. The van der Waals surface area contributed by atoms with Gasteiger partial charge in [-0.2, -0.15) is 0 Å². The molecule has 0 aliphatic heterocycles. The summed E-state index contributed by atoms with van der Waals surface area (Å²) in [5.41, 5.74) is -0.414. The molecule has 0 fully saturated rings. The van der Waals surface area contributed by atoms with Gasteiger partial charge < -0.3 is 9.84 Å². The number of aliphatic hydroxyl groups is 1. The Morgan fingerprint density at radius 3 is 2.50 bits per heavy atom. The van der Waals surface area contributed by atoms with E-state index in [1.54, 1.807) is 6.08 Å². The van der Waals surface area contributed by atoms with E-state index in [1.807, 2.05) is 20.8 Å². The summed E-state index contributed by atoms with van der Waals surface area (Å²) in [4.78, 5) is 0. The Labute approximate surface area is 75.2 Å². The molecule has 0 rings (SSSR count). The fourth-order valence-corrected chi connectivity index (χ4v) is 1.17. The van der Waals surface area contributed by atoms with E-state index >= 15 is 0 Å². The normalized spacial score (nSPS) is 18.3. The van der Waals surface area contributed by atoms with E-state index in [0.717, 1.165) is 6.42 Å². The molecule has 0 heterocycles. The quantitative estimate of drug-likeness (QED) is 0.622. The van der Waals surface area contributed by atoms with Gasteiger partial charge in [-0.25, -0.2) is 0 Å². The van der Waals surface area contributed by atoms with Gasteiger partial charge in [0.15, 0.2) is 0 Å². The van der Waals surface area contributed by atoms with Gasteiger partial charge in [0.2, 0.25) is 0 Å². The third kappa shape index (κ3) is 2.95. The first kappa shape index (κ1) is 11.7. The number of aliphatic hydroxyl groups excluding tert-OH is 1. The van der Waals surface area contributed by atoms with E-state index in [2.05, 4.69) is 6.58 Å². The molecule has 0 amide bonds. The highest BCUT2D eigenvalue weighted by molar-refractivity contribution is 4.87. The zero-order chi connectivity index (χ0) is 9.61. The van der Waals surface area contributed by atoms with Crippen LogP contribution in [0.5, 0.6) is 0 Å². The fourth-order valence-electron chi connectivity index (χ4n) is 1.17. The first-order valence-electron chi connectivity index (χ1n) is 4.53. The fraction of sp³-hybridized carbons (Fsp3) is 0.800. The maximum absolute atomic E-state index is 9.70. The summed E-state index contributed by atoms with van der Waals surface area (Å²) in [5, 5.41) is 9.70. The molecular weight excluding hydrogens is 152 g/mol. The van der Waals surface area contributed by atoms with Gasteiger partial charge in [-0.3, -0.25) is 0 Å². The van der Waals surface area contributed by atoms with Crippen molar-refractivity contribution in [1.82, 2.24) is 0 Å². The van der Waals surface area contributed by atoms with E-state index in [9.17, 15) is 5.11 Å². The summed E-state index contributed by atoms with van der Waals surface area (Å²) in [6.45, 7) is 10.1. The second kappa shape index (κ2) is 5.33. The molecule has 2 nitrogen and oxygen atoms in total. The van der Waals surface area contributed by atoms with E-state index in [-0.39, 0.29) is 0 Å². The molecule has 72 valence electrons. The van der Waals surface area contributed by atoms with Crippen LogP contribution in [0.1, 0.15) is 33.6 Å². The van der Waals surface area contributed by atoms with E-state index in [4.69, 9.17) is 4.74 Å². The van der Waals surface area contributed by atoms with Crippen LogP contribution < -0.4 is 0 Å². The summed E-state index contributed by atoms with van der Waals surface area (Å²) >= 11 is 0. The number of hydrogen-bond donors (Lipinski definition) is 1. The molecule has 2 heteroatoms. The van der Waals surface area contributed by atoms with E-state index < -0.39 is 11.7 Å². The van der Waals surface area contributed by atoms with E-state index in [0.29, 0.717) is 13.0 Å². The Kier molecular flexibility index (Phi) is 5.18. The molecule has 0 spiro atoms. The molecular formula is C10H20O2. The predicted octanol–water partition coefficient (Wildman–Crippen LogP) is 2.13. The molecule has 0 aliphatic rings. The molecule has 1 N–H and O–H groups in total. The second-order valence-corrected chi connectivity index (χ2v) is 3.14. The molecule has 0 aliphatic carbocycles. The zero-order valence-corrected chi connectivity index (χ0v) is 8.34. The monoisotopic (exact) mass is 172 g/mol. The largest absolute Gasteiger partial charge is 0.390 e. The number of hydrogen-bond acceptors (Lipinski definition) is 2. The van der Waals surface area contributed by atoms with Gasteiger partial charge in [-0.1, -0.05) is 13.0 Å². The minimum absolute atomic E-state index is 0.414. The van der Waals surface area contributed by atoms with Gasteiger partial charge >= 0.3 is 0 Å². The average molecular weight is 172 g/mol. The minimum atomic E-state index is -0.444. The summed E-state index contributed by atoms with van der Waals surface area (Å²) < 4.78 is 5.50. The van der Waals surface area contributed by atoms with Crippen LogP contribution in [0, 0.1) is 0 Å². The van der Waals surface area contributed by atoms with Crippen molar-refractivity contribution < 1.29 is 9.84 Å². The Morgan fingerprint density at radius 1 is 1.58 bits per heavy atom. The molecule has 0 radical (unpaired) electrons. The molecule has 2 atom stereocenters. The lowest BCUT2D eigenvalue weighted by atomic mass is 9.93. The van der Waals surface area contributed by atoms with Crippen molar-refractivity contribution in [2.75, 3.05) is 6.61 Å². The maximum Gasteiger partial charge on any atom is 0.0912 e. The maximum atomic E-state index is 9.70. The van der Waals surface area contributed by atoms with Crippen LogP contribution in [0.4, 0.5) is 0 Å². The Bertz CT molecular complexity index is 134. The lowest BCUT2D eigenvalue weighted by Crippen LogP contribution is -2.41. The van der Waals surface area contributed by atoms with Crippen molar-refractivity contribution in [3.8, 4) is 0 Å². The Morgan fingerprint density at radius 2 is 2.17 bits per heavy atom. The highest BCUT2D eigenvalue weighted by Gasteiger charge is 2.30. The van der Waals surface area contributed by atoms with E-state index in [1.165, 1.54) is 0 Å². The van der Waals surface area contributed by atoms with Crippen LogP contribution in [-0.2, 0) is 4.74 Å². The molecule has 0 saturated carbocycles. The molecule has 2 unspecified atom stereocenters. The summed E-state index contributed by atoms with van der Waals surface area (Å²) in [6, 6.07) is 0. The van der Waals surface area contributed by atoms with Crippen molar-refractivity contribution in [3.63, 3.8) is 0 Å². The first-order chi connectivity index (χ1) is 5.60. The SMILES string of the molecule is C=CCC(O)C(C)(CC)OCC.